The van der Waals surface area contributed by atoms with E-state index in [0.717, 1.165) is 18.5 Å². The molecule has 2 atom stereocenters. The van der Waals surface area contributed by atoms with Crippen LogP contribution in [0.4, 0.5) is 0 Å². The second-order valence-electron chi connectivity index (χ2n) is 5.73. The van der Waals surface area contributed by atoms with Gasteiger partial charge in [-0.1, -0.05) is 24.3 Å². The molecular formula is C16H23N3O2. The normalized spacial score (nSPS) is 18.8. The predicted molar refractivity (Wildman–Crippen MR) is 81.8 cm³/mol. The first-order valence-corrected chi connectivity index (χ1v) is 7.41. The largest absolute Gasteiger partial charge is 0.352 e. The number of benzene rings is 1. The molecule has 0 bridgehead atoms. The highest BCUT2D eigenvalue weighted by atomic mass is 16.2. The second kappa shape index (κ2) is 6.72. The van der Waals surface area contributed by atoms with Gasteiger partial charge in [0.05, 0.1) is 0 Å². The van der Waals surface area contributed by atoms with E-state index in [4.69, 9.17) is 0 Å². The summed E-state index contributed by atoms with van der Waals surface area (Å²) in [6.45, 7) is 6.25. The molecule has 21 heavy (non-hydrogen) atoms. The molecule has 0 aliphatic carbocycles. The van der Waals surface area contributed by atoms with Crippen molar-refractivity contribution in [2.24, 2.45) is 0 Å². The molecule has 2 rings (SSSR count). The number of fused-ring (bicyclic) bond motifs is 1. The summed E-state index contributed by atoms with van der Waals surface area (Å²) in [6.07, 6.45) is 0.920. The molecule has 3 N–H and O–H groups in total. The van der Waals surface area contributed by atoms with E-state index in [9.17, 15) is 9.59 Å². The van der Waals surface area contributed by atoms with Crippen molar-refractivity contribution in [3.05, 3.63) is 35.4 Å². The first-order chi connectivity index (χ1) is 9.99. The van der Waals surface area contributed by atoms with E-state index >= 15 is 0 Å². The van der Waals surface area contributed by atoms with Gasteiger partial charge >= 0.3 is 0 Å². The van der Waals surface area contributed by atoms with Crippen molar-refractivity contribution in [2.45, 2.75) is 45.3 Å². The van der Waals surface area contributed by atoms with Crippen LogP contribution >= 0.6 is 0 Å². The van der Waals surface area contributed by atoms with Gasteiger partial charge in [0.15, 0.2) is 0 Å². The number of amides is 2. The Kier molecular flexibility index (Phi) is 4.96. The second-order valence-corrected chi connectivity index (χ2v) is 5.73. The molecule has 0 saturated carbocycles. The summed E-state index contributed by atoms with van der Waals surface area (Å²) < 4.78 is 0. The van der Waals surface area contributed by atoms with Gasteiger partial charge in [-0.15, -0.1) is 0 Å². The quantitative estimate of drug-likeness (QED) is 0.771. The summed E-state index contributed by atoms with van der Waals surface area (Å²) in [7, 11) is 0. The zero-order chi connectivity index (χ0) is 15.4. The topological polar surface area (TPSA) is 70.2 Å². The van der Waals surface area contributed by atoms with Crippen molar-refractivity contribution in [2.75, 3.05) is 6.54 Å². The standard InChI is InChI=1S/C16H23N3O2/c1-10(2)18-15(20)11(3)19-16(21)14-13-7-5-4-6-12(13)8-9-17-14/h4-7,10-11,14,17H,8-9H2,1-3H3,(H,18,20)(H,19,21). The number of hydrogen-bond acceptors (Lipinski definition) is 3. The van der Waals surface area contributed by atoms with Gasteiger partial charge in [0, 0.05) is 12.6 Å². The molecule has 114 valence electrons. The smallest absolute Gasteiger partial charge is 0.242 e. The van der Waals surface area contributed by atoms with Crippen molar-refractivity contribution in [1.82, 2.24) is 16.0 Å². The highest BCUT2D eigenvalue weighted by molar-refractivity contribution is 5.90. The lowest BCUT2D eigenvalue weighted by atomic mass is 9.94. The van der Waals surface area contributed by atoms with Crippen LogP contribution in [0.3, 0.4) is 0 Å². The van der Waals surface area contributed by atoms with E-state index in [-0.39, 0.29) is 23.9 Å². The van der Waals surface area contributed by atoms with Crippen molar-refractivity contribution in [3.8, 4) is 0 Å². The molecule has 2 unspecified atom stereocenters. The third-order valence-electron chi connectivity index (χ3n) is 3.55. The Labute approximate surface area is 125 Å². The van der Waals surface area contributed by atoms with E-state index < -0.39 is 6.04 Å². The SMILES string of the molecule is CC(C)NC(=O)C(C)NC(=O)C1NCCc2ccccc21. The van der Waals surface area contributed by atoms with Crippen LogP contribution in [-0.2, 0) is 16.0 Å². The van der Waals surface area contributed by atoms with Gasteiger partial charge in [-0.05, 0) is 38.3 Å². The minimum absolute atomic E-state index is 0.0605. The number of carbonyl (C=O) groups excluding carboxylic acids is 2. The zero-order valence-electron chi connectivity index (χ0n) is 12.8. The maximum Gasteiger partial charge on any atom is 0.242 e. The Bertz CT molecular complexity index is 528. The lowest BCUT2D eigenvalue weighted by Crippen LogP contribution is -2.50. The van der Waals surface area contributed by atoms with Crippen LogP contribution in [0.15, 0.2) is 24.3 Å². The van der Waals surface area contributed by atoms with E-state index in [0.29, 0.717) is 0 Å². The predicted octanol–water partition coefficient (Wildman–Crippen LogP) is 0.903. The fourth-order valence-corrected chi connectivity index (χ4v) is 2.51. The fraction of sp³-hybridized carbons (Fsp3) is 0.500. The first-order valence-electron chi connectivity index (χ1n) is 7.41. The van der Waals surface area contributed by atoms with Gasteiger partial charge in [-0.25, -0.2) is 0 Å². The van der Waals surface area contributed by atoms with Crippen LogP contribution in [0.1, 0.15) is 37.9 Å². The molecule has 1 aliphatic rings. The van der Waals surface area contributed by atoms with Crippen molar-refractivity contribution >= 4 is 11.8 Å². The Balaban J connectivity index is 2.03. The number of carbonyl (C=O) groups is 2. The third kappa shape index (κ3) is 3.82. The summed E-state index contributed by atoms with van der Waals surface area (Å²) in [4.78, 5) is 24.3. The molecule has 0 aromatic heterocycles. The van der Waals surface area contributed by atoms with Crippen molar-refractivity contribution in [1.29, 1.82) is 0 Å². The zero-order valence-corrected chi connectivity index (χ0v) is 12.8. The third-order valence-corrected chi connectivity index (χ3v) is 3.55. The molecule has 0 spiro atoms. The summed E-state index contributed by atoms with van der Waals surface area (Å²) in [5.41, 5.74) is 2.19. The van der Waals surface area contributed by atoms with Crippen LogP contribution in [0.25, 0.3) is 0 Å². The average Bonchev–Trinajstić information content (AvgIpc) is 2.45. The van der Waals surface area contributed by atoms with Crippen LogP contribution in [0.2, 0.25) is 0 Å². The molecular weight excluding hydrogens is 266 g/mol. The van der Waals surface area contributed by atoms with E-state index in [2.05, 4.69) is 16.0 Å². The molecule has 1 aliphatic heterocycles. The van der Waals surface area contributed by atoms with E-state index in [1.54, 1.807) is 6.92 Å². The first kappa shape index (κ1) is 15.5. The lowest BCUT2D eigenvalue weighted by molar-refractivity contribution is -0.130. The van der Waals surface area contributed by atoms with Gasteiger partial charge in [0.25, 0.3) is 0 Å². The molecule has 0 radical (unpaired) electrons. The van der Waals surface area contributed by atoms with Crippen LogP contribution in [-0.4, -0.2) is 30.4 Å². The van der Waals surface area contributed by atoms with Gasteiger partial charge in [-0.2, -0.15) is 0 Å². The monoisotopic (exact) mass is 289 g/mol. The van der Waals surface area contributed by atoms with Gasteiger partial charge in [-0.3, -0.25) is 9.59 Å². The maximum absolute atomic E-state index is 12.4. The molecule has 5 heteroatoms. The highest BCUT2D eigenvalue weighted by Gasteiger charge is 2.27. The summed E-state index contributed by atoms with van der Waals surface area (Å²) in [5, 5.41) is 8.79. The molecule has 1 aromatic carbocycles. The molecule has 0 saturated heterocycles. The lowest BCUT2D eigenvalue weighted by Gasteiger charge is -2.27. The Morgan fingerprint density at radius 3 is 2.62 bits per heavy atom. The number of hydrogen-bond donors (Lipinski definition) is 3. The molecule has 2 amide bonds. The summed E-state index contributed by atoms with van der Waals surface area (Å²) in [6, 6.07) is 7.06. The van der Waals surface area contributed by atoms with Gasteiger partial charge < -0.3 is 16.0 Å². The molecule has 5 nitrogen and oxygen atoms in total. The fourth-order valence-electron chi connectivity index (χ4n) is 2.51. The van der Waals surface area contributed by atoms with E-state index in [1.165, 1.54) is 5.56 Å². The maximum atomic E-state index is 12.4. The molecule has 1 heterocycles. The van der Waals surface area contributed by atoms with Crippen molar-refractivity contribution in [3.63, 3.8) is 0 Å². The minimum Gasteiger partial charge on any atom is -0.352 e. The Morgan fingerprint density at radius 2 is 1.90 bits per heavy atom. The Morgan fingerprint density at radius 1 is 1.19 bits per heavy atom. The number of rotatable bonds is 4. The number of nitrogens with one attached hydrogen (secondary N) is 3. The van der Waals surface area contributed by atoms with Crippen LogP contribution in [0.5, 0.6) is 0 Å². The summed E-state index contributed by atoms with van der Waals surface area (Å²) in [5.74, 6) is -0.323. The van der Waals surface area contributed by atoms with Gasteiger partial charge in [0.1, 0.15) is 12.1 Å². The van der Waals surface area contributed by atoms with Gasteiger partial charge in [0.2, 0.25) is 11.8 Å². The van der Waals surface area contributed by atoms with Crippen LogP contribution in [0, 0.1) is 0 Å². The van der Waals surface area contributed by atoms with Crippen molar-refractivity contribution < 1.29 is 9.59 Å². The molecule has 0 fully saturated rings. The summed E-state index contributed by atoms with van der Waals surface area (Å²) >= 11 is 0. The highest BCUT2D eigenvalue weighted by Crippen LogP contribution is 2.22. The Hall–Kier alpha value is -1.88. The average molecular weight is 289 g/mol. The van der Waals surface area contributed by atoms with Crippen LogP contribution < -0.4 is 16.0 Å². The van der Waals surface area contributed by atoms with E-state index in [1.807, 2.05) is 38.1 Å². The molecule has 1 aromatic rings. The minimum atomic E-state index is -0.546.